The monoisotopic (exact) mass is 507 g/mol. The number of halogens is 4. The van der Waals surface area contributed by atoms with Gasteiger partial charge in [0.15, 0.2) is 0 Å². The van der Waals surface area contributed by atoms with Crippen LogP contribution in [0.1, 0.15) is 22.8 Å². The molecule has 3 amide bonds. The maximum atomic E-state index is 13.3. The molecule has 0 aliphatic carbocycles. The second-order valence-electron chi connectivity index (χ2n) is 7.04. The van der Waals surface area contributed by atoms with Gasteiger partial charge in [0.1, 0.15) is 0 Å². The van der Waals surface area contributed by atoms with Crippen molar-refractivity contribution in [2.75, 3.05) is 29.9 Å². The molecule has 0 spiro atoms. The Balaban J connectivity index is 1.75. The van der Waals surface area contributed by atoms with Crippen molar-refractivity contribution in [3.05, 3.63) is 58.5 Å². The van der Waals surface area contributed by atoms with E-state index in [1.54, 1.807) is 28.0 Å². The molecular formula is C21H17BrF3N5O2. The molecule has 1 aromatic carbocycles. The molecule has 0 saturated carbocycles. The number of anilines is 2. The molecule has 0 atom stereocenters. The van der Waals surface area contributed by atoms with Gasteiger partial charge in [-0.25, -0.2) is 4.79 Å². The lowest BCUT2D eigenvalue weighted by Crippen LogP contribution is -2.32. The number of carbonyl (C=O) groups excluding carboxylic acids is 2. The van der Waals surface area contributed by atoms with E-state index in [1.807, 2.05) is 6.92 Å². The van der Waals surface area contributed by atoms with Crippen molar-refractivity contribution in [2.24, 2.45) is 0 Å². The van der Waals surface area contributed by atoms with Crippen molar-refractivity contribution in [1.29, 1.82) is 0 Å². The Hall–Kier alpha value is -3.21. The van der Waals surface area contributed by atoms with E-state index in [1.165, 1.54) is 6.20 Å². The molecule has 1 saturated heterocycles. The molecule has 2 aromatic heterocycles. The Morgan fingerprint density at radius 2 is 2.00 bits per heavy atom. The standard InChI is InChI=1S/C21H17BrF3N5O2/c1-2-29-8-9-30(20(29)32)18-12-4-3-5-16(17(12)27-11-15(18)22)28-19(31)13-10-26-7-6-14(13)21(23,24)25/h3-7,10-11H,2,8-9H2,1H3,(H,28,31). The third kappa shape index (κ3) is 3.88. The van der Waals surface area contributed by atoms with Crippen LogP contribution in [0.15, 0.2) is 47.3 Å². The average molecular weight is 508 g/mol. The predicted octanol–water partition coefficient (Wildman–Crippen LogP) is 4.93. The number of aromatic nitrogens is 2. The average Bonchev–Trinajstić information content (AvgIpc) is 3.13. The van der Waals surface area contributed by atoms with Gasteiger partial charge in [-0.2, -0.15) is 13.2 Å². The lowest BCUT2D eigenvalue weighted by molar-refractivity contribution is -0.138. The SMILES string of the molecule is CCN1CCN(c2c(Br)cnc3c(NC(=O)c4cnccc4C(F)(F)F)cccc23)C1=O. The van der Waals surface area contributed by atoms with E-state index >= 15 is 0 Å². The molecule has 1 fully saturated rings. The number of nitrogens with one attached hydrogen (secondary N) is 1. The summed E-state index contributed by atoms with van der Waals surface area (Å²) < 4.78 is 40.5. The number of nitrogens with zero attached hydrogens (tertiary/aromatic N) is 4. The number of likely N-dealkylation sites (N-methyl/N-ethyl adjacent to an activating group) is 1. The number of para-hydroxylation sites is 1. The second kappa shape index (κ2) is 8.38. The number of pyridine rings is 2. The molecule has 3 heterocycles. The van der Waals surface area contributed by atoms with Crippen LogP contribution < -0.4 is 10.2 Å². The summed E-state index contributed by atoms with van der Waals surface area (Å²) in [6, 6.07) is 5.52. The number of amides is 3. The zero-order chi connectivity index (χ0) is 23.0. The first-order chi connectivity index (χ1) is 15.2. The van der Waals surface area contributed by atoms with Gasteiger partial charge in [-0.1, -0.05) is 12.1 Å². The quantitative estimate of drug-likeness (QED) is 0.543. The third-order valence-corrected chi connectivity index (χ3v) is 5.77. The number of fused-ring (bicyclic) bond motifs is 1. The van der Waals surface area contributed by atoms with E-state index < -0.39 is 23.2 Å². The number of rotatable bonds is 4. The van der Waals surface area contributed by atoms with Gasteiger partial charge in [0, 0.05) is 43.6 Å². The normalized spacial score (nSPS) is 14.3. The van der Waals surface area contributed by atoms with Crippen LogP contribution in [-0.2, 0) is 6.18 Å². The fourth-order valence-corrected chi connectivity index (χ4v) is 4.19. The maximum absolute atomic E-state index is 13.3. The number of benzene rings is 1. The first-order valence-electron chi connectivity index (χ1n) is 9.68. The first kappa shape index (κ1) is 22.0. The topological polar surface area (TPSA) is 78.4 Å². The van der Waals surface area contributed by atoms with E-state index in [9.17, 15) is 22.8 Å². The van der Waals surface area contributed by atoms with Crippen LogP contribution in [0, 0.1) is 0 Å². The zero-order valence-electron chi connectivity index (χ0n) is 16.8. The molecule has 7 nitrogen and oxygen atoms in total. The van der Waals surface area contributed by atoms with Crippen molar-refractivity contribution in [3.8, 4) is 0 Å². The Morgan fingerprint density at radius 1 is 1.22 bits per heavy atom. The number of alkyl halides is 3. The molecule has 166 valence electrons. The number of carbonyl (C=O) groups is 2. The summed E-state index contributed by atoms with van der Waals surface area (Å²) in [6.07, 6.45) is -1.34. The summed E-state index contributed by atoms with van der Waals surface area (Å²) in [5, 5.41) is 3.09. The highest BCUT2D eigenvalue weighted by atomic mass is 79.9. The summed E-state index contributed by atoms with van der Waals surface area (Å²) in [7, 11) is 0. The van der Waals surface area contributed by atoms with Gasteiger partial charge in [0.05, 0.1) is 32.5 Å². The minimum atomic E-state index is -4.70. The maximum Gasteiger partial charge on any atom is 0.417 e. The Labute approximate surface area is 189 Å². The van der Waals surface area contributed by atoms with Gasteiger partial charge in [-0.3, -0.25) is 19.7 Å². The molecule has 3 aromatic rings. The number of urea groups is 1. The molecule has 32 heavy (non-hydrogen) atoms. The highest BCUT2D eigenvalue weighted by Gasteiger charge is 2.35. The Kier molecular flexibility index (Phi) is 5.76. The first-order valence-corrected chi connectivity index (χ1v) is 10.5. The van der Waals surface area contributed by atoms with Crippen molar-refractivity contribution in [1.82, 2.24) is 14.9 Å². The van der Waals surface area contributed by atoms with Crippen LogP contribution in [0.25, 0.3) is 10.9 Å². The largest absolute Gasteiger partial charge is 0.417 e. The second-order valence-corrected chi connectivity index (χ2v) is 7.90. The third-order valence-electron chi connectivity index (χ3n) is 5.19. The van der Waals surface area contributed by atoms with Crippen LogP contribution in [0.5, 0.6) is 0 Å². The number of hydrogen-bond acceptors (Lipinski definition) is 4. The predicted molar refractivity (Wildman–Crippen MR) is 117 cm³/mol. The van der Waals surface area contributed by atoms with Crippen LogP contribution in [0.4, 0.5) is 29.3 Å². The molecule has 4 rings (SSSR count). The van der Waals surface area contributed by atoms with E-state index in [2.05, 4.69) is 31.2 Å². The Bertz CT molecular complexity index is 1220. The van der Waals surface area contributed by atoms with E-state index in [-0.39, 0.29) is 11.7 Å². The van der Waals surface area contributed by atoms with Crippen LogP contribution >= 0.6 is 15.9 Å². The van der Waals surface area contributed by atoms with E-state index in [0.29, 0.717) is 40.7 Å². The van der Waals surface area contributed by atoms with Gasteiger partial charge in [0.25, 0.3) is 5.91 Å². The Morgan fingerprint density at radius 3 is 2.69 bits per heavy atom. The molecule has 0 unspecified atom stereocenters. The summed E-state index contributed by atoms with van der Waals surface area (Å²) in [5.74, 6) is -0.960. The fourth-order valence-electron chi connectivity index (χ4n) is 3.66. The summed E-state index contributed by atoms with van der Waals surface area (Å²) >= 11 is 3.44. The van der Waals surface area contributed by atoms with E-state index in [0.717, 1.165) is 18.5 Å². The van der Waals surface area contributed by atoms with Gasteiger partial charge in [-0.05, 0) is 35.0 Å². The van der Waals surface area contributed by atoms with Crippen LogP contribution in [-0.4, -0.2) is 46.4 Å². The summed E-state index contributed by atoms with van der Waals surface area (Å²) in [6.45, 7) is 3.52. The molecule has 1 aliphatic rings. The van der Waals surface area contributed by atoms with Crippen LogP contribution in [0.2, 0.25) is 0 Å². The van der Waals surface area contributed by atoms with Gasteiger partial charge in [-0.15, -0.1) is 0 Å². The van der Waals surface area contributed by atoms with Crippen LogP contribution in [0.3, 0.4) is 0 Å². The van der Waals surface area contributed by atoms with Gasteiger partial charge >= 0.3 is 12.2 Å². The van der Waals surface area contributed by atoms with Gasteiger partial charge < -0.3 is 10.2 Å². The van der Waals surface area contributed by atoms with Crippen molar-refractivity contribution in [3.63, 3.8) is 0 Å². The van der Waals surface area contributed by atoms with Crippen molar-refractivity contribution >= 4 is 50.1 Å². The smallest absolute Gasteiger partial charge is 0.323 e. The molecule has 0 bridgehead atoms. The minimum Gasteiger partial charge on any atom is -0.323 e. The van der Waals surface area contributed by atoms with Crippen molar-refractivity contribution in [2.45, 2.75) is 13.1 Å². The van der Waals surface area contributed by atoms with Crippen molar-refractivity contribution < 1.29 is 22.8 Å². The zero-order valence-corrected chi connectivity index (χ0v) is 18.4. The summed E-state index contributed by atoms with van der Waals surface area (Å²) in [5.41, 5.74) is -0.521. The lowest BCUT2D eigenvalue weighted by atomic mass is 10.1. The van der Waals surface area contributed by atoms with E-state index in [4.69, 9.17) is 0 Å². The molecular weight excluding hydrogens is 491 g/mol. The number of hydrogen-bond donors (Lipinski definition) is 1. The fraction of sp³-hybridized carbons (Fsp3) is 0.238. The molecule has 0 radical (unpaired) electrons. The van der Waals surface area contributed by atoms with Gasteiger partial charge in [0.2, 0.25) is 0 Å². The minimum absolute atomic E-state index is 0.152. The highest BCUT2D eigenvalue weighted by molar-refractivity contribution is 9.10. The summed E-state index contributed by atoms with van der Waals surface area (Å²) in [4.78, 5) is 36.8. The lowest BCUT2D eigenvalue weighted by Gasteiger charge is -2.21. The molecule has 1 N–H and O–H groups in total. The highest BCUT2D eigenvalue weighted by Crippen LogP contribution is 2.38. The molecule has 11 heteroatoms. The molecule has 1 aliphatic heterocycles.